The van der Waals surface area contributed by atoms with E-state index >= 15 is 0 Å². The van der Waals surface area contributed by atoms with Crippen molar-refractivity contribution in [3.8, 4) is 0 Å². The fourth-order valence-corrected chi connectivity index (χ4v) is 2.55. The molecule has 38 heavy (non-hydrogen) atoms. The van der Waals surface area contributed by atoms with Crippen LogP contribution in [0.3, 0.4) is 0 Å². The maximum absolute atomic E-state index is 14.2. The van der Waals surface area contributed by atoms with Crippen LogP contribution < -0.4 is 0 Å². The van der Waals surface area contributed by atoms with Crippen LogP contribution in [-0.4, -0.2) is 36.3 Å². The standard InChI is InChI=1S/C15HF23/c16-2-1-3(17)5(8(20,21)11(26,27)14(33,34)35)6(9(22,23)12(28,29)15(36,37)38)4(2)7(18,19)10(24,25)13(30,31)32/h1H. The number of hydrogen-bond donors (Lipinski definition) is 0. The predicted molar refractivity (Wildman–Crippen MR) is 71.0 cm³/mol. The Bertz CT molecular complexity index is 986. The molecule has 0 saturated heterocycles. The van der Waals surface area contributed by atoms with E-state index in [9.17, 15) is 101 Å². The molecule has 0 aliphatic heterocycles. The van der Waals surface area contributed by atoms with Crippen molar-refractivity contribution in [1.29, 1.82) is 0 Å². The first-order valence-corrected chi connectivity index (χ1v) is 8.17. The Balaban J connectivity index is 4.68. The second-order valence-corrected chi connectivity index (χ2v) is 6.90. The van der Waals surface area contributed by atoms with Crippen molar-refractivity contribution in [1.82, 2.24) is 0 Å². The second-order valence-electron chi connectivity index (χ2n) is 6.90. The maximum Gasteiger partial charge on any atom is 0.460 e. The van der Waals surface area contributed by atoms with E-state index in [4.69, 9.17) is 0 Å². The number of rotatable bonds is 6. The zero-order chi connectivity index (χ0) is 31.1. The highest BCUT2D eigenvalue weighted by Crippen LogP contribution is 2.62. The Morgan fingerprint density at radius 1 is 0.316 bits per heavy atom. The molecule has 0 nitrogen and oxygen atoms in total. The first-order valence-electron chi connectivity index (χ1n) is 8.17. The Kier molecular flexibility index (Phi) is 7.57. The minimum Gasteiger partial charge on any atom is -0.206 e. The van der Waals surface area contributed by atoms with E-state index < -0.39 is 88.5 Å². The van der Waals surface area contributed by atoms with Gasteiger partial charge in [0.2, 0.25) is 0 Å². The summed E-state index contributed by atoms with van der Waals surface area (Å²) in [5.41, 5.74) is -15.5. The van der Waals surface area contributed by atoms with Crippen LogP contribution in [0.4, 0.5) is 101 Å². The highest BCUT2D eigenvalue weighted by Gasteiger charge is 2.82. The third kappa shape index (κ3) is 4.45. The average Bonchev–Trinajstić information content (AvgIpc) is 2.63. The van der Waals surface area contributed by atoms with Gasteiger partial charge in [0, 0.05) is 6.07 Å². The van der Waals surface area contributed by atoms with Gasteiger partial charge >= 0.3 is 54.1 Å². The quantitative estimate of drug-likeness (QED) is 0.280. The summed E-state index contributed by atoms with van der Waals surface area (Å²) >= 11 is 0. The van der Waals surface area contributed by atoms with Gasteiger partial charge in [-0.05, 0) is 0 Å². The third-order valence-electron chi connectivity index (χ3n) is 4.42. The zero-order valence-electron chi connectivity index (χ0n) is 16.3. The van der Waals surface area contributed by atoms with Gasteiger partial charge in [-0.2, -0.15) is 92.2 Å². The van der Waals surface area contributed by atoms with Crippen molar-refractivity contribution in [2.45, 2.75) is 54.1 Å². The number of benzene rings is 1. The van der Waals surface area contributed by atoms with Crippen LogP contribution in [0, 0.1) is 11.6 Å². The molecule has 1 aromatic rings. The van der Waals surface area contributed by atoms with Gasteiger partial charge in [-0.15, -0.1) is 0 Å². The van der Waals surface area contributed by atoms with Crippen LogP contribution in [0.1, 0.15) is 16.7 Å². The minimum absolute atomic E-state index is 2.03. The summed E-state index contributed by atoms with van der Waals surface area (Å²) in [6, 6.07) is -2.03. The van der Waals surface area contributed by atoms with Crippen LogP contribution in [0.5, 0.6) is 0 Å². The van der Waals surface area contributed by atoms with E-state index in [0.717, 1.165) is 0 Å². The first kappa shape index (κ1) is 33.6. The average molecular weight is 618 g/mol. The topological polar surface area (TPSA) is 0 Å². The normalized spacial score (nSPS) is 15.8. The number of hydrogen-bond acceptors (Lipinski definition) is 0. The molecule has 23 heteroatoms. The molecule has 0 fully saturated rings. The molecule has 0 heterocycles. The predicted octanol–water partition coefficient (Wildman–Crippen LogP) is 8.83. The van der Waals surface area contributed by atoms with Crippen molar-refractivity contribution >= 4 is 0 Å². The summed E-state index contributed by atoms with van der Waals surface area (Å²) in [6.45, 7) is 0. The fraction of sp³-hybridized carbons (Fsp3) is 0.600. The van der Waals surface area contributed by atoms with Crippen LogP contribution in [-0.2, 0) is 17.8 Å². The molecule has 0 spiro atoms. The van der Waals surface area contributed by atoms with E-state index in [-0.39, 0.29) is 0 Å². The monoisotopic (exact) mass is 618 g/mol. The summed E-state index contributed by atoms with van der Waals surface area (Å²) < 4.78 is 304. The molecule has 0 bridgehead atoms. The van der Waals surface area contributed by atoms with E-state index in [1.54, 1.807) is 0 Å². The number of halogens is 23. The fourth-order valence-electron chi connectivity index (χ4n) is 2.55. The SMILES string of the molecule is Fc1cc(F)c(C(F)(F)C(F)(F)C(F)(F)F)c(C(F)(F)C(F)(F)C(F)(F)F)c1C(F)(F)C(F)(F)C(F)(F)F. The molecule has 0 N–H and O–H groups in total. The lowest BCUT2D eigenvalue weighted by Gasteiger charge is -2.37. The van der Waals surface area contributed by atoms with Gasteiger partial charge in [0.25, 0.3) is 0 Å². The summed E-state index contributed by atoms with van der Waals surface area (Å²) in [7, 11) is 0. The molecule has 0 aliphatic rings. The van der Waals surface area contributed by atoms with E-state index in [0.29, 0.717) is 0 Å². The van der Waals surface area contributed by atoms with Gasteiger partial charge in [-0.3, -0.25) is 0 Å². The van der Waals surface area contributed by atoms with Crippen molar-refractivity contribution in [2.24, 2.45) is 0 Å². The van der Waals surface area contributed by atoms with Gasteiger partial charge in [-0.1, -0.05) is 0 Å². The molecule has 0 saturated carbocycles. The molecular formula is C15HF23. The molecule has 222 valence electrons. The molecule has 0 aliphatic carbocycles. The van der Waals surface area contributed by atoms with Crippen LogP contribution in [0.15, 0.2) is 6.07 Å². The van der Waals surface area contributed by atoms with Gasteiger partial charge in [-0.25, -0.2) is 8.78 Å². The molecule has 0 aromatic heterocycles. The molecule has 0 radical (unpaired) electrons. The lowest BCUT2D eigenvalue weighted by atomic mass is 9.82. The Labute approximate surface area is 191 Å². The second kappa shape index (κ2) is 8.55. The van der Waals surface area contributed by atoms with Crippen molar-refractivity contribution < 1.29 is 101 Å². The lowest BCUT2D eigenvalue weighted by Crippen LogP contribution is -2.56. The largest absolute Gasteiger partial charge is 0.460 e. The van der Waals surface area contributed by atoms with Crippen LogP contribution in [0.2, 0.25) is 0 Å². The highest BCUT2D eigenvalue weighted by molar-refractivity contribution is 5.48. The van der Waals surface area contributed by atoms with Crippen LogP contribution in [0.25, 0.3) is 0 Å². The maximum atomic E-state index is 14.2. The van der Waals surface area contributed by atoms with Gasteiger partial charge in [0.1, 0.15) is 11.6 Å². The summed E-state index contributed by atoms with van der Waals surface area (Å²) in [5, 5.41) is 0. The molecular weight excluding hydrogens is 617 g/mol. The van der Waals surface area contributed by atoms with Crippen molar-refractivity contribution in [3.05, 3.63) is 34.4 Å². The first-order chi connectivity index (χ1) is 16.2. The Morgan fingerprint density at radius 2 is 0.500 bits per heavy atom. The van der Waals surface area contributed by atoms with E-state index in [1.807, 2.05) is 0 Å². The van der Waals surface area contributed by atoms with Gasteiger partial charge < -0.3 is 0 Å². The summed E-state index contributed by atoms with van der Waals surface area (Å²) in [6.07, 6.45) is -23.7. The number of alkyl halides is 21. The van der Waals surface area contributed by atoms with Crippen molar-refractivity contribution in [2.75, 3.05) is 0 Å². The highest BCUT2D eigenvalue weighted by atomic mass is 19.4. The summed E-state index contributed by atoms with van der Waals surface area (Å²) in [4.78, 5) is 0. The lowest BCUT2D eigenvalue weighted by molar-refractivity contribution is -0.371. The van der Waals surface area contributed by atoms with E-state index in [2.05, 4.69) is 0 Å². The summed E-state index contributed by atoms with van der Waals surface area (Å²) in [5.74, 6) is -57.5. The Morgan fingerprint density at radius 3 is 0.684 bits per heavy atom. The van der Waals surface area contributed by atoms with Crippen LogP contribution >= 0.6 is 0 Å². The van der Waals surface area contributed by atoms with Gasteiger partial charge in [0.05, 0.1) is 16.7 Å². The zero-order valence-corrected chi connectivity index (χ0v) is 16.3. The third-order valence-corrected chi connectivity index (χ3v) is 4.42. The van der Waals surface area contributed by atoms with Gasteiger partial charge in [0.15, 0.2) is 0 Å². The molecule has 0 atom stereocenters. The Hall–Kier alpha value is -2.39. The van der Waals surface area contributed by atoms with Crippen molar-refractivity contribution in [3.63, 3.8) is 0 Å². The van der Waals surface area contributed by atoms with E-state index in [1.165, 1.54) is 0 Å². The minimum atomic E-state index is -8.37. The molecule has 1 aromatic carbocycles. The molecule has 0 amide bonds. The molecule has 0 unspecified atom stereocenters. The smallest absolute Gasteiger partial charge is 0.206 e. The molecule has 1 rings (SSSR count).